The van der Waals surface area contributed by atoms with E-state index in [9.17, 15) is 14.7 Å². The molecule has 1 atom stereocenters. The number of carbonyl (C=O) groups is 2. The van der Waals surface area contributed by atoms with Crippen LogP contribution in [0.5, 0.6) is 5.75 Å². The van der Waals surface area contributed by atoms with Crippen LogP contribution in [0.4, 0.5) is 11.4 Å². The van der Waals surface area contributed by atoms with Crippen LogP contribution >= 0.6 is 0 Å². The SMILES string of the molecule is COc1cccc(/C(O)=C2\C(=O)C(=O)N(c3ccc(N4CCCCC4)cc3)C2c2ccncc2)c1. The topological polar surface area (TPSA) is 83.0 Å². The highest BCUT2D eigenvalue weighted by molar-refractivity contribution is 6.51. The molecular formula is C28H27N3O4. The number of benzene rings is 2. The predicted octanol–water partition coefficient (Wildman–Crippen LogP) is 4.71. The average Bonchev–Trinajstić information content (AvgIpc) is 3.19. The van der Waals surface area contributed by atoms with Gasteiger partial charge in [0, 0.05) is 42.4 Å². The lowest BCUT2D eigenvalue weighted by atomic mass is 9.95. The van der Waals surface area contributed by atoms with Gasteiger partial charge >= 0.3 is 0 Å². The van der Waals surface area contributed by atoms with Crippen molar-refractivity contribution in [1.82, 2.24) is 4.98 Å². The number of ketones is 1. The van der Waals surface area contributed by atoms with Crippen LogP contribution in [0.1, 0.15) is 36.4 Å². The first kappa shape index (κ1) is 22.7. The molecule has 1 N–H and O–H groups in total. The Bertz CT molecular complexity index is 1260. The largest absolute Gasteiger partial charge is 0.507 e. The van der Waals surface area contributed by atoms with Crippen molar-refractivity contribution in [2.24, 2.45) is 0 Å². The number of aliphatic hydroxyl groups excluding tert-OH is 1. The molecule has 2 saturated heterocycles. The number of hydrogen-bond acceptors (Lipinski definition) is 6. The molecule has 7 heteroatoms. The molecule has 2 fully saturated rings. The number of aliphatic hydroxyl groups is 1. The van der Waals surface area contributed by atoms with Crippen molar-refractivity contribution in [3.05, 3.63) is 89.8 Å². The zero-order valence-electron chi connectivity index (χ0n) is 19.6. The summed E-state index contributed by atoms with van der Waals surface area (Å²) in [7, 11) is 1.53. The van der Waals surface area contributed by atoms with Crippen molar-refractivity contribution in [2.75, 3.05) is 30.0 Å². The maximum atomic E-state index is 13.3. The van der Waals surface area contributed by atoms with Crippen LogP contribution in [0, 0.1) is 0 Å². The fourth-order valence-corrected chi connectivity index (χ4v) is 4.86. The molecule has 2 aromatic carbocycles. The second-order valence-corrected chi connectivity index (χ2v) is 8.75. The van der Waals surface area contributed by atoms with Crippen molar-refractivity contribution in [3.63, 3.8) is 0 Å². The average molecular weight is 470 g/mol. The first-order chi connectivity index (χ1) is 17.1. The molecule has 7 nitrogen and oxygen atoms in total. The van der Waals surface area contributed by atoms with Crippen molar-refractivity contribution in [2.45, 2.75) is 25.3 Å². The highest BCUT2D eigenvalue weighted by atomic mass is 16.5. The number of pyridine rings is 1. The molecule has 3 heterocycles. The zero-order valence-corrected chi connectivity index (χ0v) is 19.6. The molecule has 0 aliphatic carbocycles. The van der Waals surface area contributed by atoms with Crippen molar-refractivity contribution in [3.8, 4) is 5.75 Å². The normalized spacial score (nSPS) is 19.7. The summed E-state index contributed by atoms with van der Waals surface area (Å²) in [5.41, 5.74) is 2.82. The Morgan fingerprint density at radius 3 is 2.31 bits per heavy atom. The number of piperidine rings is 1. The number of anilines is 2. The highest BCUT2D eigenvalue weighted by Crippen LogP contribution is 2.42. The van der Waals surface area contributed by atoms with E-state index in [0.29, 0.717) is 22.6 Å². The van der Waals surface area contributed by atoms with E-state index in [1.54, 1.807) is 48.8 Å². The van der Waals surface area contributed by atoms with Crippen LogP contribution in [0.25, 0.3) is 5.76 Å². The lowest BCUT2D eigenvalue weighted by Crippen LogP contribution is -2.30. The molecule has 2 aliphatic heterocycles. The fourth-order valence-electron chi connectivity index (χ4n) is 4.86. The molecule has 178 valence electrons. The molecule has 1 amide bonds. The van der Waals surface area contributed by atoms with Gasteiger partial charge in [0.15, 0.2) is 0 Å². The number of amides is 1. The molecule has 2 aliphatic rings. The van der Waals surface area contributed by atoms with Crippen LogP contribution in [0.2, 0.25) is 0 Å². The second-order valence-electron chi connectivity index (χ2n) is 8.75. The van der Waals surface area contributed by atoms with Crippen LogP contribution in [-0.2, 0) is 9.59 Å². The fraction of sp³-hybridized carbons (Fsp3) is 0.250. The zero-order chi connectivity index (χ0) is 24.4. The van der Waals surface area contributed by atoms with Gasteiger partial charge in [-0.15, -0.1) is 0 Å². The van der Waals surface area contributed by atoms with Gasteiger partial charge in [-0.25, -0.2) is 0 Å². The van der Waals surface area contributed by atoms with Gasteiger partial charge in [0.1, 0.15) is 11.5 Å². The first-order valence-electron chi connectivity index (χ1n) is 11.8. The van der Waals surface area contributed by atoms with Crippen LogP contribution < -0.4 is 14.5 Å². The Balaban J connectivity index is 1.59. The number of methoxy groups -OCH3 is 1. The molecule has 0 bridgehead atoms. The number of hydrogen-bond donors (Lipinski definition) is 1. The number of nitrogens with zero attached hydrogens (tertiary/aromatic N) is 3. The van der Waals surface area contributed by atoms with Crippen molar-refractivity contribution >= 4 is 28.8 Å². The van der Waals surface area contributed by atoms with Gasteiger partial charge in [0.25, 0.3) is 11.7 Å². The van der Waals surface area contributed by atoms with Gasteiger partial charge in [-0.1, -0.05) is 12.1 Å². The quantitative estimate of drug-likeness (QED) is 0.331. The van der Waals surface area contributed by atoms with E-state index in [2.05, 4.69) is 9.88 Å². The molecule has 0 radical (unpaired) electrons. The number of Topliss-reactive ketones (excluding diaryl/α,β-unsaturated/α-hetero) is 1. The molecule has 3 aromatic rings. The monoisotopic (exact) mass is 469 g/mol. The van der Waals surface area contributed by atoms with Gasteiger partial charge in [-0.3, -0.25) is 19.5 Å². The van der Waals surface area contributed by atoms with E-state index in [4.69, 9.17) is 4.74 Å². The van der Waals surface area contributed by atoms with Crippen LogP contribution in [0.15, 0.2) is 78.6 Å². The highest BCUT2D eigenvalue weighted by Gasteiger charge is 2.47. The summed E-state index contributed by atoms with van der Waals surface area (Å²) in [6.45, 7) is 2.03. The van der Waals surface area contributed by atoms with Crippen molar-refractivity contribution < 1.29 is 19.4 Å². The summed E-state index contributed by atoms with van der Waals surface area (Å²) in [4.78, 5) is 34.5. The van der Waals surface area contributed by atoms with Gasteiger partial charge in [0.05, 0.1) is 18.7 Å². The number of ether oxygens (including phenoxy) is 1. The summed E-state index contributed by atoms with van der Waals surface area (Å²) in [6, 6.07) is 17.2. The predicted molar refractivity (Wildman–Crippen MR) is 135 cm³/mol. The van der Waals surface area contributed by atoms with E-state index in [-0.39, 0.29) is 11.3 Å². The number of carbonyl (C=O) groups excluding carboxylic acids is 2. The minimum atomic E-state index is -0.787. The smallest absolute Gasteiger partial charge is 0.300 e. The summed E-state index contributed by atoms with van der Waals surface area (Å²) >= 11 is 0. The van der Waals surface area contributed by atoms with Crippen LogP contribution in [0.3, 0.4) is 0 Å². The number of rotatable bonds is 5. The molecule has 0 spiro atoms. The second kappa shape index (κ2) is 9.62. The van der Waals surface area contributed by atoms with E-state index < -0.39 is 17.7 Å². The van der Waals surface area contributed by atoms with E-state index >= 15 is 0 Å². The third-order valence-electron chi connectivity index (χ3n) is 6.66. The third-order valence-corrected chi connectivity index (χ3v) is 6.66. The Labute approximate surface area is 204 Å². The van der Waals surface area contributed by atoms with Gasteiger partial charge in [-0.05, 0) is 73.4 Å². The minimum absolute atomic E-state index is 0.0366. The molecule has 1 unspecified atom stereocenters. The maximum absolute atomic E-state index is 13.3. The van der Waals surface area contributed by atoms with Gasteiger partial charge in [-0.2, -0.15) is 0 Å². The lowest BCUT2D eigenvalue weighted by Gasteiger charge is -2.30. The summed E-state index contributed by atoms with van der Waals surface area (Å²) in [6.07, 6.45) is 6.81. The summed E-state index contributed by atoms with van der Waals surface area (Å²) < 4.78 is 5.27. The lowest BCUT2D eigenvalue weighted by molar-refractivity contribution is -0.132. The Hall–Kier alpha value is -4.13. The third kappa shape index (κ3) is 4.25. The van der Waals surface area contributed by atoms with E-state index in [1.165, 1.54) is 31.3 Å². The molecule has 5 rings (SSSR count). The first-order valence-corrected chi connectivity index (χ1v) is 11.8. The Kier molecular flexibility index (Phi) is 6.23. The van der Waals surface area contributed by atoms with E-state index in [0.717, 1.165) is 18.8 Å². The number of aromatic nitrogens is 1. The Morgan fingerprint density at radius 2 is 1.63 bits per heavy atom. The van der Waals surface area contributed by atoms with Gasteiger partial charge < -0.3 is 14.7 Å². The molecule has 35 heavy (non-hydrogen) atoms. The van der Waals surface area contributed by atoms with Crippen molar-refractivity contribution in [1.29, 1.82) is 0 Å². The van der Waals surface area contributed by atoms with E-state index in [1.807, 2.05) is 24.3 Å². The Morgan fingerprint density at radius 1 is 0.943 bits per heavy atom. The minimum Gasteiger partial charge on any atom is -0.507 e. The summed E-state index contributed by atoms with van der Waals surface area (Å²) in [5, 5.41) is 11.2. The summed E-state index contributed by atoms with van der Waals surface area (Å²) in [5.74, 6) is -1.11. The van der Waals surface area contributed by atoms with Gasteiger partial charge in [0.2, 0.25) is 0 Å². The molecular weight excluding hydrogens is 442 g/mol. The van der Waals surface area contributed by atoms with Crippen LogP contribution in [-0.4, -0.2) is 42.0 Å². The standard InChI is InChI=1S/C28H27N3O4/c1-35-23-7-5-6-20(18-23)26(32)24-25(19-12-14-29-15-13-19)31(28(34)27(24)33)22-10-8-21(9-11-22)30-16-3-2-4-17-30/h5-15,18,25,32H,2-4,16-17H2,1H3/b26-24+. The molecule has 0 saturated carbocycles. The molecule has 1 aromatic heterocycles. The maximum Gasteiger partial charge on any atom is 0.300 e.